The molecule has 0 aliphatic rings. The van der Waals surface area contributed by atoms with E-state index in [9.17, 15) is 0 Å². The van der Waals surface area contributed by atoms with Crippen LogP contribution in [0.5, 0.6) is 11.5 Å². The van der Waals surface area contributed by atoms with Gasteiger partial charge in [0.15, 0.2) is 0 Å². The molecule has 0 unspecified atom stereocenters. The number of ether oxygens (including phenoxy) is 1. The van der Waals surface area contributed by atoms with E-state index in [-0.39, 0.29) is 10.0 Å². The van der Waals surface area contributed by atoms with Crippen LogP contribution in [-0.2, 0) is 0 Å². The summed E-state index contributed by atoms with van der Waals surface area (Å²) in [5, 5.41) is 1.59. The number of halogens is 4. The average Bonchev–Trinajstić information content (AvgIpc) is 2.33. The van der Waals surface area contributed by atoms with E-state index < -0.39 is 0 Å². The maximum Gasteiger partial charge on any atom is 0.147 e. The molecule has 0 atom stereocenters. The minimum Gasteiger partial charge on any atom is -0.456 e. The van der Waals surface area contributed by atoms with Crippen molar-refractivity contribution in [1.29, 1.82) is 0 Å². The molecule has 2 aromatic rings. The summed E-state index contributed by atoms with van der Waals surface area (Å²) in [6.45, 7) is 0. The summed E-state index contributed by atoms with van der Waals surface area (Å²) >= 11 is 23.5. The van der Waals surface area contributed by atoms with Crippen LogP contribution >= 0.6 is 46.4 Å². The maximum atomic E-state index is 6.01. The molecule has 0 amide bonds. The highest BCUT2D eigenvalue weighted by Crippen LogP contribution is 2.39. The van der Waals surface area contributed by atoms with Crippen LogP contribution in [0.3, 0.4) is 0 Å². The van der Waals surface area contributed by atoms with E-state index in [0.717, 1.165) is 0 Å². The van der Waals surface area contributed by atoms with E-state index in [4.69, 9.17) is 51.1 Å². The summed E-state index contributed by atoms with van der Waals surface area (Å²) in [5.74, 6) is 1.07. The molecule has 5 heteroatoms. The minimum absolute atomic E-state index is 0.278. The van der Waals surface area contributed by atoms with Crippen LogP contribution in [0.15, 0.2) is 36.4 Å². The molecule has 0 bridgehead atoms. The molecular formula is C12H6Cl4O. The van der Waals surface area contributed by atoms with Crippen molar-refractivity contribution in [2.24, 2.45) is 0 Å². The van der Waals surface area contributed by atoms with Crippen molar-refractivity contribution in [3.8, 4) is 11.5 Å². The van der Waals surface area contributed by atoms with Gasteiger partial charge >= 0.3 is 0 Å². The lowest BCUT2D eigenvalue weighted by atomic mass is 10.3. The van der Waals surface area contributed by atoms with Gasteiger partial charge in [-0.2, -0.15) is 0 Å². The van der Waals surface area contributed by atoms with Crippen molar-refractivity contribution in [3.63, 3.8) is 0 Å². The quantitative estimate of drug-likeness (QED) is 0.610. The number of hydrogen-bond acceptors (Lipinski definition) is 1. The van der Waals surface area contributed by atoms with E-state index in [2.05, 4.69) is 0 Å². The summed E-state index contributed by atoms with van der Waals surface area (Å²) in [6.07, 6.45) is 0. The second-order valence-corrected chi connectivity index (χ2v) is 4.83. The summed E-state index contributed by atoms with van der Waals surface area (Å²) < 4.78 is 5.57. The Morgan fingerprint density at radius 1 is 0.706 bits per heavy atom. The Morgan fingerprint density at radius 2 is 1.35 bits per heavy atom. The van der Waals surface area contributed by atoms with E-state index in [1.54, 1.807) is 36.4 Å². The van der Waals surface area contributed by atoms with Crippen LogP contribution in [0, 0.1) is 0 Å². The lowest BCUT2D eigenvalue weighted by Crippen LogP contribution is -1.86. The van der Waals surface area contributed by atoms with E-state index in [1.165, 1.54) is 0 Å². The van der Waals surface area contributed by atoms with Crippen molar-refractivity contribution in [3.05, 3.63) is 56.5 Å². The highest BCUT2D eigenvalue weighted by Gasteiger charge is 2.10. The van der Waals surface area contributed by atoms with Crippen molar-refractivity contribution in [2.45, 2.75) is 0 Å². The second kappa shape index (κ2) is 5.36. The molecule has 0 saturated heterocycles. The zero-order valence-corrected chi connectivity index (χ0v) is 11.4. The van der Waals surface area contributed by atoms with Gasteiger partial charge in [0.2, 0.25) is 0 Å². The predicted molar refractivity (Wildman–Crippen MR) is 73.0 cm³/mol. The third-order valence-corrected chi connectivity index (χ3v) is 3.57. The van der Waals surface area contributed by atoms with Crippen LogP contribution in [-0.4, -0.2) is 0 Å². The average molecular weight is 308 g/mol. The second-order valence-electron chi connectivity index (χ2n) is 3.23. The third-order valence-electron chi connectivity index (χ3n) is 2.04. The molecule has 2 rings (SSSR count). The first kappa shape index (κ1) is 12.8. The molecule has 0 N–H and O–H groups in total. The first-order valence-electron chi connectivity index (χ1n) is 4.65. The molecular weight excluding hydrogens is 302 g/mol. The number of hydrogen-bond donors (Lipinski definition) is 0. The first-order chi connectivity index (χ1) is 8.08. The van der Waals surface area contributed by atoms with Crippen molar-refractivity contribution >= 4 is 46.4 Å². The Bertz CT molecular complexity index is 537. The van der Waals surface area contributed by atoms with E-state index in [0.29, 0.717) is 21.5 Å². The number of benzene rings is 2. The van der Waals surface area contributed by atoms with Gasteiger partial charge in [0.25, 0.3) is 0 Å². The lowest BCUT2D eigenvalue weighted by molar-refractivity contribution is 0.483. The van der Waals surface area contributed by atoms with Gasteiger partial charge in [-0.25, -0.2) is 0 Å². The van der Waals surface area contributed by atoms with Gasteiger partial charge in [-0.05, 0) is 36.4 Å². The van der Waals surface area contributed by atoms with Crippen LogP contribution in [0.25, 0.3) is 0 Å². The Morgan fingerprint density at radius 3 is 2.00 bits per heavy atom. The van der Waals surface area contributed by atoms with Gasteiger partial charge in [0.05, 0.1) is 10.0 Å². The Labute approximate surface area is 119 Å². The first-order valence-corrected chi connectivity index (χ1v) is 6.16. The van der Waals surface area contributed by atoms with Crippen LogP contribution in [0.4, 0.5) is 0 Å². The van der Waals surface area contributed by atoms with Gasteiger partial charge in [0, 0.05) is 5.02 Å². The highest BCUT2D eigenvalue weighted by atomic mass is 35.5. The third kappa shape index (κ3) is 2.99. The Balaban J connectivity index is 2.30. The molecule has 1 nitrogen and oxygen atoms in total. The molecule has 0 fully saturated rings. The van der Waals surface area contributed by atoms with Crippen LogP contribution in [0.1, 0.15) is 0 Å². The molecule has 0 aliphatic heterocycles. The summed E-state index contributed by atoms with van der Waals surface area (Å²) in [7, 11) is 0. The van der Waals surface area contributed by atoms with Gasteiger partial charge in [-0.15, -0.1) is 0 Å². The fourth-order valence-electron chi connectivity index (χ4n) is 1.22. The fraction of sp³-hybridized carbons (Fsp3) is 0. The molecule has 0 radical (unpaired) electrons. The highest BCUT2D eigenvalue weighted by molar-refractivity contribution is 6.48. The molecule has 17 heavy (non-hydrogen) atoms. The fourth-order valence-corrected chi connectivity index (χ4v) is 1.91. The van der Waals surface area contributed by atoms with Crippen molar-refractivity contribution < 1.29 is 4.74 Å². The molecule has 88 valence electrons. The topological polar surface area (TPSA) is 9.23 Å². The minimum atomic E-state index is 0.278. The van der Waals surface area contributed by atoms with Crippen LogP contribution < -0.4 is 4.74 Å². The van der Waals surface area contributed by atoms with Gasteiger partial charge < -0.3 is 4.74 Å². The Hall–Kier alpha value is -0.600. The standard InChI is InChI=1S/C12H6Cl4O/c13-7-1-3-8(4-2-7)17-10-6-5-9(14)11(15)12(10)16/h1-6H. The molecule has 0 saturated carbocycles. The molecule has 0 aliphatic carbocycles. The monoisotopic (exact) mass is 306 g/mol. The van der Waals surface area contributed by atoms with Gasteiger partial charge in [-0.3, -0.25) is 0 Å². The summed E-state index contributed by atoms with van der Waals surface area (Å²) in [4.78, 5) is 0. The smallest absolute Gasteiger partial charge is 0.147 e. The largest absolute Gasteiger partial charge is 0.456 e. The normalized spacial score (nSPS) is 10.4. The van der Waals surface area contributed by atoms with Gasteiger partial charge in [-0.1, -0.05) is 46.4 Å². The lowest BCUT2D eigenvalue weighted by Gasteiger charge is -2.09. The zero-order valence-electron chi connectivity index (χ0n) is 8.38. The maximum absolute atomic E-state index is 6.01. The SMILES string of the molecule is Clc1ccc(Oc2ccc(Cl)c(Cl)c2Cl)cc1. The Kier molecular flexibility index (Phi) is 4.05. The predicted octanol–water partition coefficient (Wildman–Crippen LogP) is 6.09. The molecule has 0 heterocycles. The van der Waals surface area contributed by atoms with Crippen molar-refractivity contribution in [2.75, 3.05) is 0 Å². The van der Waals surface area contributed by atoms with Crippen molar-refractivity contribution in [1.82, 2.24) is 0 Å². The molecule has 0 aromatic heterocycles. The number of rotatable bonds is 2. The van der Waals surface area contributed by atoms with Crippen LogP contribution in [0.2, 0.25) is 20.1 Å². The molecule has 0 spiro atoms. The van der Waals surface area contributed by atoms with E-state index in [1.807, 2.05) is 0 Å². The van der Waals surface area contributed by atoms with E-state index >= 15 is 0 Å². The summed E-state index contributed by atoms with van der Waals surface area (Å²) in [6, 6.07) is 10.2. The zero-order chi connectivity index (χ0) is 12.4. The van der Waals surface area contributed by atoms with Gasteiger partial charge in [0.1, 0.15) is 16.5 Å². The summed E-state index contributed by atoms with van der Waals surface area (Å²) in [5.41, 5.74) is 0. The molecule has 2 aromatic carbocycles.